The lowest BCUT2D eigenvalue weighted by Crippen LogP contribution is -2.11. The molecule has 4 heteroatoms. The summed E-state index contributed by atoms with van der Waals surface area (Å²) in [4.78, 5) is 15.7. The molecule has 0 saturated heterocycles. The molecule has 0 spiro atoms. The van der Waals surface area contributed by atoms with Crippen LogP contribution in [0.15, 0.2) is 48.8 Å². The topological polar surface area (TPSA) is 65.8 Å². The smallest absolute Gasteiger partial charge is 0.255 e. The average Bonchev–Trinajstić information content (AvgIpc) is 2.40. The van der Waals surface area contributed by atoms with Gasteiger partial charge in [0.15, 0.2) is 0 Å². The van der Waals surface area contributed by atoms with Crippen LogP contribution in [0.5, 0.6) is 0 Å². The molecule has 0 fully saturated rings. The van der Waals surface area contributed by atoms with Crippen LogP contribution < -0.4 is 5.32 Å². The Labute approximate surface area is 98.5 Å². The van der Waals surface area contributed by atoms with E-state index in [1.165, 1.54) is 0 Å². The van der Waals surface area contributed by atoms with E-state index in [2.05, 4.69) is 10.3 Å². The number of hydrogen-bond donors (Lipinski definition) is 1. The minimum absolute atomic E-state index is 0.242. The molecule has 0 aliphatic rings. The van der Waals surface area contributed by atoms with Gasteiger partial charge in [-0.3, -0.25) is 9.78 Å². The number of rotatable bonds is 2. The number of carbonyl (C=O) groups excluding carboxylic acids is 1. The van der Waals surface area contributed by atoms with Crippen molar-refractivity contribution in [2.45, 2.75) is 0 Å². The summed E-state index contributed by atoms with van der Waals surface area (Å²) in [5, 5.41) is 11.5. The minimum Gasteiger partial charge on any atom is -0.322 e. The molecule has 0 aliphatic carbocycles. The minimum atomic E-state index is -0.242. The molecule has 82 valence electrons. The number of aromatic nitrogens is 1. The summed E-state index contributed by atoms with van der Waals surface area (Å²) >= 11 is 0. The van der Waals surface area contributed by atoms with Gasteiger partial charge in [-0.15, -0.1) is 0 Å². The maximum absolute atomic E-state index is 11.8. The summed E-state index contributed by atoms with van der Waals surface area (Å²) in [6.45, 7) is 0. The van der Waals surface area contributed by atoms with Crippen LogP contribution in [-0.2, 0) is 0 Å². The van der Waals surface area contributed by atoms with Crippen molar-refractivity contribution in [3.63, 3.8) is 0 Å². The van der Waals surface area contributed by atoms with Crippen molar-refractivity contribution in [2.75, 3.05) is 5.32 Å². The third kappa shape index (κ3) is 2.67. The van der Waals surface area contributed by atoms with E-state index in [0.717, 1.165) is 0 Å². The van der Waals surface area contributed by atoms with Gasteiger partial charge in [0, 0.05) is 23.6 Å². The molecule has 0 atom stereocenters. The monoisotopic (exact) mass is 223 g/mol. The summed E-state index contributed by atoms with van der Waals surface area (Å²) in [5.41, 5.74) is 1.60. The van der Waals surface area contributed by atoms with Crippen molar-refractivity contribution in [1.29, 1.82) is 5.26 Å². The maximum atomic E-state index is 11.8. The molecule has 1 amide bonds. The van der Waals surface area contributed by atoms with Gasteiger partial charge in [-0.1, -0.05) is 6.07 Å². The Bertz CT molecular complexity index is 573. The lowest BCUT2D eigenvalue weighted by Gasteiger charge is -2.04. The first-order valence-electron chi connectivity index (χ1n) is 5.01. The summed E-state index contributed by atoms with van der Waals surface area (Å²) in [6, 6.07) is 11.9. The van der Waals surface area contributed by atoms with Gasteiger partial charge in [0.1, 0.15) is 0 Å². The quantitative estimate of drug-likeness (QED) is 0.848. The number of benzene rings is 1. The summed E-state index contributed by atoms with van der Waals surface area (Å²) in [7, 11) is 0. The predicted octanol–water partition coefficient (Wildman–Crippen LogP) is 2.21. The zero-order valence-electron chi connectivity index (χ0n) is 8.92. The van der Waals surface area contributed by atoms with Gasteiger partial charge in [-0.2, -0.15) is 5.26 Å². The second kappa shape index (κ2) is 4.90. The van der Waals surface area contributed by atoms with Crippen molar-refractivity contribution in [3.05, 3.63) is 59.9 Å². The van der Waals surface area contributed by atoms with Crippen LogP contribution in [0.4, 0.5) is 5.69 Å². The molecular weight excluding hydrogens is 214 g/mol. The molecule has 1 N–H and O–H groups in total. The fourth-order valence-corrected chi connectivity index (χ4v) is 1.37. The Hall–Kier alpha value is -2.67. The predicted molar refractivity (Wildman–Crippen MR) is 63.3 cm³/mol. The Morgan fingerprint density at radius 3 is 2.71 bits per heavy atom. The number of hydrogen-bond acceptors (Lipinski definition) is 3. The van der Waals surface area contributed by atoms with Crippen LogP contribution in [0.2, 0.25) is 0 Å². The highest BCUT2D eigenvalue weighted by atomic mass is 16.1. The highest BCUT2D eigenvalue weighted by molar-refractivity contribution is 6.04. The van der Waals surface area contributed by atoms with Crippen LogP contribution in [0.1, 0.15) is 15.9 Å². The average molecular weight is 223 g/mol. The number of amides is 1. The van der Waals surface area contributed by atoms with Gasteiger partial charge >= 0.3 is 0 Å². The fraction of sp³-hybridized carbons (Fsp3) is 0. The Balaban J connectivity index is 2.18. The van der Waals surface area contributed by atoms with Crippen LogP contribution in [-0.4, -0.2) is 10.9 Å². The van der Waals surface area contributed by atoms with Gasteiger partial charge in [-0.05, 0) is 30.3 Å². The number of nitriles is 1. The van der Waals surface area contributed by atoms with Crippen molar-refractivity contribution in [2.24, 2.45) is 0 Å². The number of anilines is 1. The zero-order valence-corrected chi connectivity index (χ0v) is 8.92. The van der Waals surface area contributed by atoms with E-state index in [-0.39, 0.29) is 5.91 Å². The summed E-state index contributed by atoms with van der Waals surface area (Å²) in [5.74, 6) is -0.242. The molecule has 0 unspecified atom stereocenters. The van der Waals surface area contributed by atoms with Crippen molar-refractivity contribution < 1.29 is 4.79 Å². The molecule has 1 heterocycles. The lowest BCUT2D eigenvalue weighted by atomic mass is 10.1. The first-order chi connectivity index (χ1) is 8.29. The molecule has 0 radical (unpaired) electrons. The largest absolute Gasteiger partial charge is 0.322 e. The van der Waals surface area contributed by atoms with Gasteiger partial charge < -0.3 is 5.32 Å². The van der Waals surface area contributed by atoms with Crippen LogP contribution in [0.3, 0.4) is 0 Å². The van der Waals surface area contributed by atoms with Gasteiger partial charge in [0.25, 0.3) is 5.91 Å². The highest BCUT2D eigenvalue weighted by Gasteiger charge is 2.06. The molecule has 2 aromatic rings. The van der Waals surface area contributed by atoms with E-state index in [1.807, 2.05) is 6.07 Å². The second-order valence-corrected chi connectivity index (χ2v) is 3.38. The van der Waals surface area contributed by atoms with Crippen molar-refractivity contribution in [1.82, 2.24) is 4.98 Å². The first kappa shape index (κ1) is 10.8. The number of nitrogens with zero attached hydrogens (tertiary/aromatic N) is 2. The maximum Gasteiger partial charge on any atom is 0.255 e. The van der Waals surface area contributed by atoms with Crippen LogP contribution in [0, 0.1) is 11.3 Å². The summed E-state index contributed by atoms with van der Waals surface area (Å²) < 4.78 is 0. The second-order valence-electron chi connectivity index (χ2n) is 3.38. The molecule has 1 aromatic carbocycles. The van der Waals surface area contributed by atoms with E-state index < -0.39 is 0 Å². The number of pyridine rings is 1. The van der Waals surface area contributed by atoms with E-state index in [9.17, 15) is 4.79 Å². The lowest BCUT2D eigenvalue weighted by molar-refractivity contribution is 0.102. The van der Waals surface area contributed by atoms with Crippen molar-refractivity contribution >= 4 is 11.6 Å². The molecule has 1 aromatic heterocycles. The molecule has 0 aliphatic heterocycles. The van der Waals surface area contributed by atoms with E-state index in [0.29, 0.717) is 16.8 Å². The van der Waals surface area contributed by atoms with Gasteiger partial charge in [-0.25, -0.2) is 0 Å². The SMILES string of the molecule is N#Cc1cccc(C(=O)Nc2ccncc2)c1. The Kier molecular flexibility index (Phi) is 3.13. The first-order valence-corrected chi connectivity index (χ1v) is 5.01. The van der Waals surface area contributed by atoms with E-state index >= 15 is 0 Å². The van der Waals surface area contributed by atoms with Crippen LogP contribution in [0.25, 0.3) is 0 Å². The van der Waals surface area contributed by atoms with E-state index in [4.69, 9.17) is 5.26 Å². The van der Waals surface area contributed by atoms with Gasteiger partial charge in [0.2, 0.25) is 0 Å². The number of nitrogens with one attached hydrogen (secondary N) is 1. The summed E-state index contributed by atoms with van der Waals surface area (Å²) in [6.07, 6.45) is 3.20. The molecule has 0 saturated carbocycles. The Morgan fingerprint density at radius 2 is 2.00 bits per heavy atom. The molecule has 17 heavy (non-hydrogen) atoms. The standard InChI is InChI=1S/C13H9N3O/c14-9-10-2-1-3-11(8-10)13(17)16-12-4-6-15-7-5-12/h1-8H,(H,15,16,17). The normalized spacial score (nSPS) is 9.35. The Morgan fingerprint density at radius 1 is 1.24 bits per heavy atom. The molecule has 2 rings (SSSR count). The zero-order chi connectivity index (χ0) is 12.1. The van der Waals surface area contributed by atoms with Gasteiger partial charge in [0.05, 0.1) is 11.6 Å². The fourth-order valence-electron chi connectivity index (χ4n) is 1.37. The molecular formula is C13H9N3O. The third-order valence-corrected chi connectivity index (χ3v) is 2.19. The number of carbonyl (C=O) groups is 1. The van der Waals surface area contributed by atoms with E-state index in [1.54, 1.807) is 48.8 Å². The third-order valence-electron chi connectivity index (χ3n) is 2.19. The highest BCUT2D eigenvalue weighted by Crippen LogP contribution is 2.09. The molecule has 0 bridgehead atoms. The van der Waals surface area contributed by atoms with Crippen LogP contribution >= 0.6 is 0 Å². The van der Waals surface area contributed by atoms with Crippen molar-refractivity contribution in [3.8, 4) is 6.07 Å². The molecule has 4 nitrogen and oxygen atoms in total.